The number of hydrogen-bond acceptors (Lipinski definition) is 0. The molecule has 0 fully saturated rings. The van der Waals surface area contributed by atoms with Crippen molar-refractivity contribution in [3.05, 3.63) is 216 Å². The molecule has 0 aliphatic heterocycles. The van der Waals surface area contributed by atoms with Crippen LogP contribution in [-0.2, 0) is 0 Å². The van der Waals surface area contributed by atoms with Gasteiger partial charge in [0.2, 0.25) is 11.6 Å². The van der Waals surface area contributed by atoms with Gasteiger partial charge in [-0.1, -0.05) is 133 Å². The van der Waals surface area contributed by atoms with Crippen molar-refractivity contribution in [3.8, 4) is 55.6 Å². The molecule has 0 bridgehead atoms. The van der Waals surface area contributed by atoms with Gasteiger partial charge < -0.3 is 0 Å². The fourth-order valence-corrected chi connectivity index (χ4v) is 9.45. The third-order valence-corrected chi connectivity index (χ3v) is 12.4. The zero-order chi connectivity index (χ0) is 45.7. The average Bonchev–Trinajstić information content (AvgIpc) is 3.36. The molecule has 11 rings (SSSR count). The average molecular weight is 889 g/mol. The first-order chi connectivity index (χ1) is 31.9. The van der Waals surface area contributed by atoms with E-state index in [1.165, 1.54) is 30.3 Å². The van der Waals surface area contributed by atoms with E-state index in [4.69, 9.17) is 0 Å². The number of halogens is 10. The van der Waals surface area contributed by atoms with E-state index >= 15 is 35.1 Å². The molecule has 320 valence electrons. The molecule has 10 heteroatoms. The van der Waals surface area contributed by atoms with Crippen LogP contribution in [0.3, 0.4) is 0 Å². The standard InChI is InChI=1S/C56H26F10/c57-47-45(48(58)52(62)55(65)51(47)61)43-35-22-21-31(27-11-3-1-4-12-27)24-37(35)44(46-49(59)53(63)56(66)54(64)50(46)60)39-25-36-33-17-9-10-18-34(33)42(32-20-19-28-13-7-8-16-30(28)23-32)41(38(36)26-40(39)43)29-14-5-2-6-15-29/h1-26H. The molecule has 0 nitrogen and oxygen atoms in total. The van der Waals surface area contributed by atoms with Crippen LogP contribution >= 0.6 is 0 Å². The Labute approximate surface area is 368 Å². The van der Waals surface area contributed by atoms with Crippen LogP contribution in [0.2, 0.25) is 0 Å². The molecular formula is C56H26F10. The molecule has 0 saturated heterocycles. The maximum atomic E-state index is 16.5. The van der Waals surface area contributed by atoms with E-state index in [9.17, 15) is 8.78 Å². The molecule has 0 amide bonds. The summed E-state index contributed by atoms with van der Waals surface area (Å²) in [5.74, 6) is -22.7. The highest BCUT2D eigenvalue weighted by atomic mass is 19.2. The summed E-state index contributed by atoms with van der Waals surface area (Å²) in [5.41, 5.74) is -0.411. The molecule has 0 spiro atoms. The van der Waals surface area contributed by atoms with Crippen LogP contribution in [0.4, 0.5) is 43.9 Å². The second kappa shape index (κ2) is 15.3. The van der Waals surface area contributed by atoms with E-state index < -0.39 is 80.4 Å². The summed E-state index contributed by atoms with van der Waals surface area (Å²) < 4.78 is 157. The van der Waals surface area contributed by atoms with Crippen LogP contribution in [-0.4, -0.2) is 0 Å². The fourth-order valence-electron chi connectivity index (χ4n) is 9.45. The molecule has 0 aliphatic carbocycles. The summed E-state index contributed by atoms with van der Waals surface area (Å²) in [7, 11) is 0. The molecule has 0 unspecified atom stereocenters. The van der Waals surface area contributed by atoms with E-state index in [1.54, 1.807) is 60.7 Å². The summed E-state index contributed by atoms with van der Waals surface area (Å²) in [6.45, 7) is 0. The first-order valence-corrected chi connectivity index (χ1v) is 20.5. The molecule has 11 aromatic rings. The molecule has 0 atom stereocenters. The second-order valence-electron chi connectivity index (χ2n) is 15.9. The van der Waals surface area contributed by atoms with Gasteiger partial charge in [0, 0.05) is 11.1 Å². The molecule has 0 aliphatic rings. The highest BCUT2D eigenvalue weighted by molar-refractivity contribution is 6.29. The van der Waals surface area contributed by atoms with Gasteiger partial charge in [-0.3, -0.25) is 0 Å². The Bertz CT molecular complexity index is 3810. The molecule has 0 radical (unpaired) electrons. The van der Waals surface area contributed by atoms with Crippen molar-refractivity contribution in [2.24, 2.45) is 0 Å². The predicted molar refractivity (Wildman–Crippen MR) is 241 cm³/mol. The van der Waals surface area contributed by atoms with Crippen molar-refractivity contribution < 1.29 is 43.9 Å². The highest BCUT2D eigenvalue weighted by Crippen LogP contribution is 2.52. The van der Waals surface area contributed by atoms with Crippen LogP contribution in [0.15, 0.2) is 158 Å². The van der Waals surface area contributed by atoms with Crippen LogP contribution < -0.4 is 0 Å². The van der Waals surface area contributed by atoms with Crippen molar-refractivity contribution >= 4 is 53.9 Å². The zero-order valence-electron chi connectivity index (χ0n) is 33.8. The summed E-state index contributed by atoms with van der Waals surface area (Å²) in [5, 5.41) is 2.56. The SMILES string of the molecule is Fc1c(F)c(F)c(-c2c3ccc(-c4ccccc4)cc3c(-c3c(F)c(F)c(F)c(F)c3F)c3cc4c(cc23)c(-c2ccccc2)c(-c2ccc3ccccc3c2)c2ccccc24)c(F)c1F. The van der Waals surface area contributed by atoms with E-state index in [-0.39, 0.29) is 21.5 Å². The fraction of sp³-hybridized carbons (Fsp3) is 0. The maximum Gasteiger partial charge on any atom is 0.200 e. The first kappa shape index (κ1) is 40.8. The van der Waals surface area contributed by atoms with Crippen molar-refractivity contribution in [1.82, 2.24) is 0 Å². The molecule has 11 aromatic carbocycles. The minimum atomic E-state index is -2.42. The molecule has 0 heterocycles. The zero-order valence-corrected chi connectivity index (χ0v) is 33.8. The van der Waals surface area contributed by atoms with E-state index in [1.807, 2.05) is 66.7 Å². The van der Waals surface area contributed by atoms with Gasteiger partial charge in [0.1, 0.15) is 0 Å². The highest BCUT2D eigenvalue weighted by Gasteiger charge is 2.34. The molecular weight excluding hydrogens is 863 g/mol. The minimum Gasteiger partial charge on any atom is -0.203 e. The van der Waals surface area contributed by atoms with Gasteiger partial charge in [0.25, 0.3) is 0 Å². The second-order valence-corrected chi connectivity index (χ2v) is 15.9. The van der Waals surface area contributed by atoms with Crippen molar-refractivity contribution in [3.63, 3.8) is 0 Å². The van der Waals surface area contributed by atoms with Crippen molar-refractivity contribution in [2.45, 2.75) is 0 Å². The number of rotatable bonds is 5. The van der Waals surface area contributed by atoms with Crippen molar-refractivity contribution in [1.29, 1.82) is 0 Å². The van der Waals surface area contributed by atoms with E-state index in [0.29, 0.717) is 49.4 Å². The van der Waals surface area contributed by atoms with Gasteiger partial charge in [-0.05, 0) is 112 Å². The van der Waals surface area contributed by atoms with Crippen LogP contribution in [0.1, 0.15) is 0 Å². The quantitative estimate of drug-likeness (QED) is 0.0531. The largest absolute Gasteiger partial charge is 0.203 e. The van der Waals surface area contributed by atoms with Crippen LogP contribution in [0.25, 0.3) is 109 Å². The summed E-state index contributed by atoms with van der Waals surface area (Å²) >= 11 is 0. The lowest BCUT2D eigenvalue weighted by molar-refractivity contribution is 0.381. The summed E-state index contributed by atoms with van der Waals surface area (Å²) in [6.07, 6.45) is 0. The predicted octanol–water partition coefficient (Wildman–Crippen LogP) is 17.2. The Kier molecular flexibility index (Phi) is 9.47. The van der Waals surface area contributed by atoms with Crippen LogP contribution in [0, 0.1) is 58.2 Å². The Morgan fingerprint density at radius 3 is 1.17 bits per heavy atom. The molecule has 66 heavy (non-hydrogen) atoms. The Morgan fingerprint density at radius 1 is 0.182 bits per heavy atom. The van der Waals surface area contributed by atoms with Gasteiger partial charge in [-0.15, -0.1) is 0 Å². The lowest BCUT2D eigenvalue weighted by Gasteiger charge is -2.23. The first-order valence-electron chi connectivity index (χ1n) is 20.5. The number of fused-ring (bicyclic) bond motifs is 6. The smallest absolute Gasteiger partial charge is 0.200 e. The van der Waals surface area contributed by atoms with Gasteiger partial charge in [0.15, 0.2) is 46.5 Å². The monoisotopic (exact) mass is 888 g/mol. The summed E-state index contributed by atoms with van der Waals surface area (Å²) in [6, 6.07) is 45.1. The number of benzene rings is 11. The topological polar surface area (TPSA) is 0 Å². The minimum absolute atomic E-state index is 0.314. The molecule has 0 aromatic heterocycles. The van der Waals surface area contributed by atoms with Crippen molar-refractivity contribution in [2.75, 3.05) is 0 Å². The third-order valence-electron chi connectivity index (χ3n) is 12.4. The normalized spacial score (nSPS) is 11.8. The van der Waals surface area contributed by atoms with Gasteiger partial charge in [-0.25, -0.2) is 43.9 Å². The summed E-state index contributed by atoms with van der Waals surface area (Å²) in [4.78, 5) is 0. The Hall–Kier alpha value is -7.98. The lowest BCUT2D eigenvalue weighted by atomic mass is 9.80. The van der Waals surface area contributed by atoms with E-state index in [0.717, 1.165) is 16.3 Å². The Morgan fingerprint density at radius 2 is 0.576 bits per heavy atom. The Balaban J connectivity index is 1.44. The van der Waals surface area contributed by atoms with Gasteiger partial charge in [0.05, 0.1) is 11.1 Å². The third kappa shape index (κ3) is 6.01. The number of hydrogen-bond donors (Lipinski definition) is 0. The maximum absolute atomic E-state index is 16.5. The van der Waals surface area contributed by atoms with E-state index in [2.05, 4.69) is 0 Å². The molecule has 0 N–H and O–H groups in total. The lowest BCUT2D eigenvalue weighted by Crippen LogP contribution is -2.07. The van der Waals surface area contributed by atoms with Gasteiger partial charge >= 0.3 is 0 Å². The van der Waals surface area contributed by atoms with Crippen LogP contribution in [0.5, 0.6) is 0 Å². The van der Waals surface area contributed by atoms with Gasteiger partial charge in [-0.2, -0.15) is 0 Å². The molecule has 0 saturated carbocycles.